The molecule has 2 heterocycles. The van der Waals surface area contributed by atoms with Gasteiger partial charge in [0.1, 0.15) is 12.7 Å². The lowest BCUT2D eigenvalue weighted by molar-refractivity contribution is -0.121. The monoisotopic (exact) mass is 335 g/mol. The van der Waals surface area contributed by atoms with Crippen LogP contribution in [0.25, 0.3) is 0 Å². The lowest BCUT2D eigenvalue weighted by Gasteiger charge is -2.26. The fraction of sp³-hybridized carbons (Fsp3) is 0.250. The molecule has 1 amide bonds. The maximum Gasteiger partial charge on any atom is 0.226 e. The summed E-state index contributed by atoms with van der Waals surface area (Å²) in [7, 11) is 0. The number of pyridine rings is 1. The summed E-state index contributed by atoms with van der Waals surface area (Å²) < 4.78 is 11.4. The van der Waals surface area contributed by atoms with Gasteiger partial charge in [-0.1, -0.05) is 12.1 Å². The number of fused-ring (bicyclic) bond motifs is 1. The average molecular weight is 336 g/mol. The number of carbonyl (C=O) groups is 1. The lowest BCUT2D eigenvalue weighted by Crippen LogP contribution is -2.41. The van der Waals surface area contributed by atoms with E-state index >= 15 is 0 Å². The van der Waals surface area contributed by atoms with E-state index in [-0.39, 0.29) is 30.8 Å². The van der Waals surface area contributed by atoms with E-state index in [1.807, 2.05) is 24.3 Å². The predicted molar refractivity (Wildman–Crippen MR) is 89.0 cm³/mol. The number of benzene rings is 1. The van der Waals surface area contributed by atoms with Crippen LogP contribution in [0.3, 0.4) is 0 Å². The van der Waals surface area contributed by atoms with Gasteiger partial charge in [-0.2, -0.15) is 0 Å². The molecule has 0 radical (unpaired) electrons. The Kier molecular flexibility index (Phi) is 5.65. The number of nitrogens with one attached hydrogen (secondary N) is 1. The maximum atomic E-state index is 11.9. The fourth-order valence-corrected chi connectivity index (χ4v) is 2.16. The molecule has 1 aliphatic heterocycles. The van der Waals surface area contributed by atoms with E-state index in [1.54, 1.807) is 12.1 Å². The number of carbonyl (C=O) groups excluding carboxylic acids is 1. The van der Waals surface area contributed by atoms with Crippen molar-refractivity contribution in [3.63, 3.8) is 0 Å². The van der Waals surface area contributed by atoms with Gasteiger partial charge >= 0.3 is 0 Å². The second-order valence-corrected chi connectivity index (χ2v) is 5.06. The molecule has 1 unspecified atom stereocenters. The molecule has 122 valence electrons. The predicted octanol–water partition coefficient (Wildman–Crippen LogP) is 1.58. The standard InChI is InChI=1S/C16H17N3O3.ClH/c17-11-5-6-12(18-8-11)7-16(20)19-9-13-10-21-14-3-1-2-4-15(14)22-13;/h1-6,8,13H,7,9-10,17H2,(H,19,20);1H. The van der Waals surface area contributed by atoms with Gasteiger partial charge in [0.25, 0.3) is 0 Å². The van der Waals surface area contributed by atoms with Crippen LogP contribution in [-0.4, -0.2) is 30.1 Å². The van der Waals surface area contributed by atoms with E-state index < -0.39 is 0 Å². The lowest BCUT2D eigenvalue weighted by atomic mass is 10.2. The van der Waals surface area contributed by atoms with Crippen molar-refractivity contribution in [1.29, 1.82) is 0 Å². The van der Waals surface area contributed by atoms with Crippen LogP contribution in [0.2, 0.25) is 0 Å². The Morgan fingerprint density at radius 2 is 2.04 bits per heavy atom. The Hall–Kier alpha value is -2.47. The second-order valence-electron chi connectivity index (χ2n) is 5.06. The first kappa shape index (κ1) is 16.9. The highest BCUT2D eigenvalue weighted by Gasteiger charge is 2.21. The summed E-state index contributed by atoms with van der Waals surface area (Å²) in [6, 6.07) is 11.0. The second kappa shape index (κ2) is 7.69. The first-order valence-corrected chi connectivity index (χ1v) is 7.06. The molecule has 2 aromatic rings. The molecule has 23 heavy (non-hydrogen) atoms. The summed E-state index contributed by atoms with van der Waals surface area (Å²) in [6.07, 6.45) is 1.56. The summed E-state index contributed by atoms with van der Waals surface area (Å²) in [4.78, 5) is 16.0. The molecule has 0 aliphatic carbocycles. The summed E-state index contributed by atoms with van der Waals surface area (Å²) >= 11 is 0. The highest BCUT2D eigenvalue weighted by atomic mass is 35.5. The Morgan fingerprint density at radius 3 is 2.78 bits per heavy atom. The molecule has 0 saturated heterocycles. The molecule has 1 aliphatic rings. The number of nitrogen functional groups attached to an aromatic ring is 1. The number of hydrogen-bond acceptors (Lipinski definition) is 5. The van der Waals surface area contributed by atoms with Crippen molar-refractivity contribution in [3.8, 4) is 11.5 Å². The molecule has 1 aromatic carbocycles. The normalized spacial score (nSPS) is 15.4. The van der Waals surface area contributed by atoms with Gasteiger partial charge in [0.15, 0.2) is 11.5 Å². The molecule has 1 atom stereocenters. The van der Waals surface area contributed by atoms with Crippen LogP contribution < -0.4 is 20.5 Å². The van der Waals surface area contributed by atoms with Crippen molar-refractivity contribution in [3.05, 3.63) is 48.3 Å². The van der Waals surface area contributed by atoms with E-state index in [0.29, 0.717) is 30.3 Å². The van der Waals surface area contributed by atoms with Crippen LogP contribution >= 0.6 is 12.4 Å². The number of halogens is 1. The third kappa shape index (κ3) is 4.50. The van der Waals surface area contributed by atoms with Gasteiger partial charge in [-0.05, 0) is 24.3 Å². The maximum absolute atomic E-state index is 11.9. The molecule has 0 spiro atoms. The summed E-state index contributed by atoms with van der Waals surface area (Å²) in [5, 5.41) is 2.83. The Morgan fingerprint density at radius 1 is 1.26 bits per heavy atom. The SMILES string of the molecule is Cl.Nc1ccc(CC(=O)NCC2COc3ccccc3O2)nc1. The zero-order chi connectivity index (χ0) is 15.4. The van der Waals surface area contributed by atoms with Crippen molar-refractivity contribution in [2.24, 2.45) is 0 Å². The van der Waals surface area contributed by atoms with Crippen molar-refractivity contribution >= 4 is 24.0 Å². The molecular weight excluding hydrogens is 318 g/mol. The third-order valence-corrected chi connectivity index (χ3v) is 3.28. The number of aromatic nitrogens is 1. The summed E-state index contributed by atoms with van der Waals surface area (Å²) in [5.41, 5.74) is 6.82. The molecule has 0 bridgehead atoms. The van der Waals surface area contributed by atoms with Crippen molar-refractivity contribution in [2.75, 3.05) is 18.9 Å². The van der Waals surface area contributed by atoms with Crippen molar-refractivity contribution in [1.82, 2.24) is 10.3 Å². The van der Waals surface area contributed by atoms with Crippen LogP contribution in [0, 0.1) is 0 Å². The molecule has 6 nitrogen and oxygen atoms in total. The molecule has 7 heteroatoms. The molecule has 0 fully saturated rings. The Balaban J connectivity index is 0.00000192. The van der Waals surface area contributed by atoms with E-state index in [9.17, 15) is 4.79 Å². The van der Waals surface area contributed by atoms with Gasteiger partial charge < -0.3 is 20.5 Å². The largest absolute Gasteiger partial charge is 0.486 e. The van der Waals surface area contributed by atoms with Crippen LogP contribution in [0.5, 0.6) is 11.5 Å². The van der Waals surface area contributed by atoms with Crippen LogP contribution in [0.4, 0.5) is 5.69 Å². The Bertz CT molecular complexity index is 664. The van der Waals surface area contributed by atoms with E-state index in [1.165, 1.54) is 6.20 Å². The Labute approximate surface area is 140 Å². The minimum absolute atomic E-state index is 0. The number of nitrogens with two attached hydrogens (primary N) is 1. The minimum Gasteiger partial charge on any atom is -0.486 e. The highest BCUT2D eigenvalue weighted by molar-refractivity contribution is 5.85. The number of ether oxygens (including phenoxy) is 2. The number of nitrogens with zero attached hydrogens (tertiary/aromatic N) is 1. The quantitative estimate of drug-likeness (QED) is 0.886. The van der Waals surface area contributed by atoms with Gasteiger partial charge in [0, 0.05) is 5.69 Å². The number of rotatable bonds is 4. The summed E-state index contributed by atoms with van der Waals surface area (Å²) in [5.74, 6) is 1.32. The van der Waals surface area contributed by atoms with Gasteiger partial charge in [0.05, 0.1) is 24.8 Å². The third-order valence-electron chi connectivity index (χ3n) is 3.28. The van der Waals surface area contributed by atoms with E-state index in [4.69, 9.17) is 15.2 Å². The number of hydrogen-bond donors (Lipinski definition) is 2. The fourth-order valence-electron chi connectivity index (χ4n) is 2.16. The molecule has 3 N–H and O–H groups in total. The van der Waals surface area contributed by atoms with Gasteiger partial charge in [-0.15, -0.1) is 12.4 Å². The zero-order valence-corrected chi connectivity index (χ0v) is 13.2. The van der Waals surface area contributed by atoms with Crippen LogP contribution in [0.15, 0.2) is 42.6 Å². The minimum atomic E-state index is -0.196. The van der Waals surface area contributed by atoms with Gasteiger partial charge in [-0.25, -0.2) is 0 Å². The van der Waals surface area contributed by atoms with Crippen LogP contribution in [0.1, 0.15) is 5.69 Å². The topological polar surface area (TPSA) is 86.5 Å². The number of anilines is 1. The summed E-state index contributed by atoms with van der Waals surface area (Å²) in [6.45, 7) is 0.805. The first-order valence-electron chi connectivity index (χ1n) is 7.06. The van der Waals surface area contributed by atoms with E-state index in [0.717, 1.165) is 5.75 Å². The molecule has 1 aromatic heterocycles. The molecular formula is C16H18ClN3O3. The highest BCUT2D eigenvalue weighted by Crippen LogP contribution is 2.30. The first-order chi connectivity index (χ1) is 10.7. The molecule has 3 rings (SSSR count). The number of para-hydroxylation sites is 2. The van der Waals surface area contributed by atoms with Crippen LogP contribution in [-0.2, 0) is 11.2 Å². The van der Waals surface area contributed by atoms with E-state index in [2.05, 4.69) is 10.3 Å². The van der Waals surface area contributed by atoms with Crippen molar-refractivity contribution < 1.29 is 14.3 Å². The van der Waals surface area contributed by atoms with Crippen molar-refractivity contribution in [2.45, 2.75) is 12.5 Å². The zero-order valence-electron chi connectivity index (χ0n) is 12.4. The van der Waals surface area contributed by atoms with Gasteiger partial charge in [0.2, 0.25) is 5.91 Å². The van der Waals surface area contributed by atoms with Gasteiger partial charge in [-0.3, -0.25) is 9.78 Å². The number of amides is 1. The smallest absolute Gasteiger partial charge is 0.226 e. The average Bonchev–Trinajstić information content (AvgIpc) is 2.55. The molecule has 0 saturated carbocycles.